The van der Waals surface area contributed by atoms with Crippen LogP contribution in [-0.4, -0.2) is 33.9 Å². The molecule has 2 aromatic heterocycles. The Morgan fingerprint density at radius 1 is 1.22 bits per heavy atom. The van der Waals surface area contributed by atoms with Gasteiger partial charge in [-0.2, -0.15) is 0 Å². The Morgan fingerprint density at radius 2 is 1.96 bits per heavy atom. The zero-order chi connectivity index (χ0) is 18.8. The van der Waals surface area contributed by atoms with Crippen LogP contribution in [0.5, 0.6) is 0 Å². The van der Waals surface area contributed by atoms with Gasteiger partial charge in [-0.3, -0.25) is 4.79 Å². The van der Waals surface area contributed by atoms with Gasteiger partial charge in [0, 0.05) is 43.0 Å². The first kappa shape index (κ1) is 17.9. The molecule has 3 heterocycles. The van der Waals surface area contributed by atoms with E-state index in [0.717, 1.165) is 52.8 Å². The molecule has 4 rings (SSSR count). The number of anilines is 2. The number of nitrogens with zero attached hydrogens (tertiary/aromatic N) is 4. The molecule has 0 bridgehead atoms. The summed E-state index contributed by atoms with van der Waals surface area (Å²) < 4.78 is 1.12. The largest absolute Gasteiger partial charge is 0.341 e. The summed E-state index contributed by atoms with van der Waals surface area (Å²) in [6, 6.07) is 7.77. The molecule has 27 heavy (non-hydrogen) atoms. The van der Waals surface area contributed by atoms with Crippen molar-refractivity contribution in [1.29, 1.82) is 0 Å². The summed E-state index contributed by atoms with van der Waals surface area (Å²) in [6.07, 6.45) is 5.12. The Hall–Kier alpha value is -2.54. The number of nitrogens with one attached hydrogen (secondary N) is 1. The maximum absolute atomic E-state index is 12.7. The molecule has 3 aromatic rings. The van der Waals surface area contributed by atoms with Gasteiger partial charge in [0.2, 0.25) is 11.9 Å². The first-order valence-electron chi connectivity index (χ1n) is 9.33. The molecule has 0 unspecified atom stereocenters. The standard InChI is InChI=1S/C20H23N5OS/c1-13(2)19-24-16-5-4-15(12-17(16)27-19)23-18(26)14-6-10-25(11-7-14)20-21-8-3-9-22-20/h3-5,8-9,12-14H,6-7,10-11H2,1-2H3,(H,23,26). The van der Waals surface area contributed by atoms with Crippen LogP contribution in [0.1, 0.15) is 37.6 Å². The van der Waals surface area contributed by atoms with Crippen molar-refractivity contribution in [2.24, 2.45) is 5.92 Å². The molecule has 0 saturated carbocycles. The highest BCUT2D eigenvalue weighted by atomic mass is 32.1. The minimum atomic E-state index is 0.0216. The quantitative estimate of drug-likeness (QED) is 0.738. The normalized spacial score (nSPS) is 15.4. The molecule has 0 spiro atoms. The van der Waals surface area contributed by atoms with E-state index in [4.69, 9.17) is 0 Å². The molecule has 1 amide bonds. The van der Waals surface area contributed by atoms with Gasteiger partial charge in [0.1, 0.15) is 0 Å². The molecule has 1 aliphatic rings. The summed E-state index contributed by atoms with van der Waals surface area (Å²) >= 11 is 1.70. The summed E-state index contributed by atoms with van der Waals surface area (Å²) in [5.74, 6) is 1.28. The molecule has 0 aliphatic carbocycles. The lowest BCUT2D eigenvalue weighted by atomic mass is 9.96. The van der Waals surface area contributed by atoms with E-state index in [0.29, 0.717) is 5.92 Å². The molecule has 0 atom stereocenters. The Morgan fingerprint density at radius 3 is 2.67 bits per heavy atom. The van der Waals surface area contributed by atoms with Crippen molar-refractivity contribution in [1.82, 2.24) is 15.0 Å². The van der Waals surface area contributed by atoms with Crippen LogP contribution in [-0.2, 0) is 4.79 Å². The van der Waals surface area contributed by atoms with Crippen LogP contribution in [0.4, 0.5) is 11.6 Å². The van der Waals surface area contributed by atoms with Gasteiger partial charge in [-0.1, -0.05) is 13.8 Å². The summed E-state index contributed by atoms with van der Waals surface area (Å²) in [7, 11) is 0. The van der Waals surface area contributed by atoms with Crippen LogP contribution in [0, 0.1) is 5.92 Å². The number of rotatable bonds is 4. The number of thiazole rings is 1. The zero-order valence-electron chi connectivity index (χ0n) is 15.6. The van der Waals surface area contributed by atoms with Gasteiger partial charge in [-0.05, 0) is 37.1 Å². The Kier molecular flexibility index (Phi) is 5.03. The van der Waals surface area contributed by atoms with Crippen molar-refractivity contribution in [2.45, 2.75) is 32.6 Å². The van der Waals surface area contributed by atoms with E-state index in [1.165, 1.54) is 0 Å². The van der Waals surface area contributed by atoms with Crippen molar-refractivity contribution in [3.05, 3.63) is 41.7 Å². The van der Waals surface area contributed by atoms with E-state index >= 15 is 0 Å². The van der Waals surface area contributed by atoms with E-state index in [9.17, 15) is 4.79 Å². The lowest BCUT2D eigenvalue weighted by Gasteiger charge is -2.31. The van der Waals surface area contributed by atoms with Crippen LogP contribution >= 0.6 is 11.3 Å². The molecule has 1 N–H and O–H groups in total. The maximum atomic E-state index is 12.7. The number of carbonyl (C=O) groups excluding carboxylic acids is 1. The monoisotopic (exact) mass is 381 g/mol. The van der Waals surface area contributed by atoms with Crippen molar-refractivity contribution in [3.8, 4) is 0 Å². The summed E-state index contributed by atoms with van der Waals surface area (Å²) in [4.78, 5) is 28.1. The highest BCUT2D eigenvalue weighted by Gasteiger charge is 2.26. The number of hydrogen-bond acceptors (Lipinski definition) is 6. The first-order valence-corrected chi connectivity index (χ1v) is 10.1. The van der Waals surface area contributed by atoms with Gasteiger partial charge < -0.3 is 10.2 Å². The smallest absolute Gasteiger partial charge is 0.227 e. The van der Waals surface area contributed by atoms with Crippen LogP contribution < -0.4 is 10.2 Å². The average molecular weight is 382 g/mol. The highest BCUT2D eigenvalue weighted by molar-refractivity contribution is 7.18. The lowest BCUT2D eigenvalue weighted by molar-refractivity contribution is -0.120. The van der Waals surface area contributed by atoms with Crippen molar-refractivity contribution in [3.63, 3.8) is 0 Å². The molecule has 1 aromatic carbocycles. The number of carbonyl (C=O) groups is 1. The molecule has 1 fully saturated rings. The number of piperidine rings is 1. The number of aromatic nitrogens is 3. The van der Waals surface area contributed by atoms with E-state index in [1.54, 1.807) is 23.7 Å². The second-order valence-corrected chi connectivity index (χ2v) is 8.25. The fourth-order valence-corrected chi connectivity index (χ4v) is 4.32. The Bertz CT molecular complexity index is 932. The van der Waals surface area contributed by atoms with E-state index in [1.807, 2.05) is 24.3 Å². The number of benzene rings is 1. The molecule has 7 heteroatoms. The third kappa shape index (κ3) is 3.93. The van der Waals surface area contributed by atoms with Gasteiger partial charge in [0.05, 0.1) is 15.2 Å². The molecule has 140 valence electrons. The molecular weight excluding hydrogens is 358 g/mol. The zero-order valence-corrected chi connectivity index (χ0v) is 16.4. The third-order valence-corrected chi connectivity index (χ3v) is 6.19. The Balaban J connectivity index is 1.39. The number of fused-ring (bicyclic) bond motifs is 1. The number of hydrogen-bond donors (Lipinski definition) is 1. The minimum absolute atomic E-state index is 0.0216. The highest BCUT2D eigenvalue weighted by Crippen LogP contribution is 2.30. The summed E-state index contributed by atoms with van der Waals surface area (Å²) in [6.45, 7) is 5.89. The van der Waals surface area contributed by atoms with Gasteiger partial charge in [-0.25, -0.2) is 15.0 Å². The lowest BCUT2D eigenvalue weighted by Crippen LogP contribution is -2.38. The SMILES string of the molecule is CC(C)c1nc2ccc(NC(=O)C3CCN(c4ncccn4)CC3)cc2s1. The third-order valence-electron chi connectivity index (χ3n) is 4.87. The fraction of sp³-hybridized carbons (Fsp3) is 0.400. The Labute approximate surface area is 162 Å². The predicted octanol–water partition coefficient (Wildman–Crippen LogP) is 4.06. The maximum Gasteiger partial charge on any atom is 0.227 e. The predicted molar refractivity (Wildman–Crippen MR) is 109 cm³/mol. The summed E-state index contributed by atoms with van der Waals surface area (Å²) in [5, 5.41) is 4.22. The van der Waals surface area contributed by atoms with E-state index in [2.05, 4.69) is 39.0 Å². The van der Waals surface area contributed by atoms with Crippen LogP contribution in [0.15, 0.2) is 36.7 Å². The second kappa shape index (κ2) is 7.60. The van der Waals surface area contributed by atoms with Gasteiger partial charge in [-0.15, -0.1) is 11.3 Å². The second-order valence-electron chi connectivity index (χ2n) is 7.19. The summed E-state index contributed by atoms with van der Waals surface area (Å²) in [5.41, 5.74) is 1.85. The van der Waals surface area contributed by atoms with Crippen LogP contribution in [0.25, 0.3) is 10.2 Å². The topological polar surface area (TPSA) is 71.0 Å². The average Bonchev–Trinajstić information content (AvgIpc) is 3.12. The van der Waals surface area contributed by atoms with Crippen molar-refractivity contribution < 1.29 is 4.79 Å². The van der Waals surface area contributed by atoms with Gasteiger partial charge >= 0.3 is 0 Å². The van der Waals surface area contributed by atoms with Crippen molar-refractivity contribution in [2.75, 3.05) is 23.3 Å². The number of amides is 1. The molecule has 6 nitrogen and oxygen atoms in total. The minimum Gasteiger partial charge on any atom is -0.341 e. The van der Waals surface area contributed by atoms with Gasteiger partial charge in [0.15, 0.2) is 0 Å². The van der Waals surface area contributed by atoms with Crippen LogP contribution in [0.3, 0.4) is 0 Å². The molecule has 0 radical (unpaired) electrons. The fourth-order valence-electron chi connectivity index (χ4n) is 3.31. The molecule has 1 aliphatic heterocycles. The van der Waals surface area contributed by atoms with Crippen LogP contribution in [0.2, 0.25) is 0 Å². The molecule has 1 saturated heterocycles. The van der Waals surface area contributed by atoms with Crippen molar-refractivity contribution >= 4 is 39.1 Å². The molecular formula is C20H23N5OS. The van der Waals surface area contributed by atoms with Gasteiger partial charge in [0.25, 0.3) is 0 Å². The van der Waals surface area contributed by atoms with E-state index < -0.39 is 0 Å². The first-order chi connectivity index (χ1) is 13.1. The van der Waals surface area contributed by atoms with E-state index in [-0.39, 0.29) is 11.8 Å².